The zero-order valence-electron chi connectivity index (χ0n) is 15.6. The average Bonchev–Trinajstić information content (AvgIpc) is 3.10. The number of carbonyl (C=O) groups excluding carboxylic acids is 1. The molecule has 1 aliphatic heterocycles. The Hall–Kier alpha value is -1.86. The quantitative estimate of drug-likeness (QED) is 0.767. The minimum atomic E-state index is -3.04. The number of hydrogen-bond acceptors (Lipinski definition) is 5. The molecule has 7 heteroatoms. The van der Waals surface area contributed by atoms with Crippen LogP contribution < -0.4 is 0 Å². The summed E-state index contributed by atoms with van der Waals surface area (Å²) in [7, 11) is 0.849. The number of fused-ring (bicyclic) bond motifs is 1. The fourth-order valence-corrected chi connectivity index (χ4v) is 5.16. The van der Waals surface area contributed by atoms with Crippen molar-refractivity contribution in [1.29, 1.82) is 0 Å². The van der Waals surface area contributed by atoms with Crippen molar-refractivity contribution < 1.29 is 17.6 Å². The van der Waals surface area contributed by atoms with Gasteiger partial charge in [0, 0.05) is 30.1 Å². The molecule has 0 aliphatic carbocycles. The van der Waals surface area contributed by atoms with Gasteiger partial charge in [-0.05, 0) is 39.1 Å². The van der Waals surface area contributed by atoms with Crippen LogP contribution in [0.15, 0.2) is 28.9 Å². The van der Waals surface area contributed by atoms with Crippen LogP contribution in [0.25, 0.3) is 11.0 Å². The molecule has 6 nitrogen and oxygen atoms in total. The Labute approximate surface area is 154 Å². The zero-order chi connectivity index (χ0) is 18.9. The van der Waals surface area contributed by atoms with E-state index in [-0.39, 0.29) is 29.9 Å². The lowest BCUT2D eigenvalue weighted by Gasteiger charge is -2.29. The molecular weight excluding hydrogens is 352 g/mol. The Balaban J connectivity index is 1.79. The molecule has 0 unspecified atom stereocenters. The van der Waals surface area contributed by atoms with E-state index in [2.05, 4.69) is 0 Å². The third kappa shape index (κ3) is 4.27. The van der Waals surface area contributed by atoms with Crippen molar-refractivity contribution in [1.82, 2.24) is 9.80 Å². The number of hydrogen-bond donors (Lipinski definition) is 0. The summed E-state index contributed by atoms with van der Waals surface area (Å²) in [5.74, 6) is 0.187. The molecule has 1 atom stereocenters. The molecule has 1 amide bonds. The molecule has 142 valence electrons. The molecule has 1 saturated heterocycles. The van der Waals surface area contributed by atoms with Gasteiger partial charge in [-0.15, -0.1) is 0 Å². The average molecular weight is 378 g/mol. The van der Waals surface area contributed by atoms with Gasteiger partial charge in [0.05, 0.1) is 24.2 Å². The van der Waals surface area contributed by atoms with E-state index in [1.165, 1.54) is 0 Å². The van der Waals surface area contributed by atoms with E-state index in [0.717, 1.165) is 22.1 Å². The highest BCUT2D eigenvalue weighted by Crippen LogP contribution is 2.24. The number of carbonyl (C=O) groups is 1. The number of aryl methyl sites for hydroxylation is 1. The van der Waals surface area contributed by atoms with E-state index in [1.807, 2.05) is 44.1 Å². The van der Waals surface area contributed by atoms with Gasteiger partial charge in [-0.3, -0.25) is 4.79 Å². The summed E-state index contributed by atoms with van der Waals surface area (Å²) in [5, 5.41) is 0.940. The van der Waals surface area contributed by atoms with Gasteiger partial charge in [0.15, 0.2) is 9.84 Å². The van der Waals surface area contributed by atoms with E-state index >= 15 is 0 Å². The third-order valence-electron chi connectivity index (χ3n) is 4.91. The summed E-state index contributed by atoms with van der Waals surface area (Å²) in [6.07, 6.45) is 2.38. The molecule has 0 saturated carbocycles. The van der Waals surface area contributed by atoms with Crippen molar-refractivity contribution in [3.63, 3.8) is 0 Å². The predicted octanol–water partition coefficient (Wildman–Crippen LogP) is 1.86. The first-order valence-electron chi connectivity index (χ1n) is 8.86. The molecule has 1 aliphatic rings. The maximum Gasteiger partial charge on any atom is 0.227 e. The molecule has 0 bridgehead atoms. The van der Waals surface area contributed by atoms with Crippen molar-refractivity contribution >= 4 is 26.7 Å². The lowest BCUT2D eigenvalue weighted by molar-refractivity contribution is -0.132. The molecule has 26 heavy (non-hydrogen) atoms. The van der Waals surface area contributed by atoms with E-state index in [9.17, 15) is 13.2 Å². The summed E-state index contributed by atoms with van der Waals surface area (Å²) < 4.78 is 29.3. The lowest BCUT2D eigenvalue weighted by atomic mass is 10.1. The largest absolute Gasteiger partial charge is 0.464 e. The molecule has 1 aromatic carbocycles. The fraction of sp³-hybridized carbons (Fsp3) is 0.526. The van der Waals surface area contributed by atoms with Crippen molar-refractivity contribution in [2.45, 2.75) is 25.8 Å². The van der Waals surface area contributed by atoms with Gasteiger partial charge in [0.25, 0.3) is 0 Å². The number of furan rings is 1. The lowest BCUT2D eigenvalue weighted by Crippen LogP contribution is -2.45. The van der Waals surface area contributed by atoms with Crippen LogP contribution in [0.3, 0.4) is 0 Å². The number of benzene rings is 1. The number of sulfone groups is 1. The monoisotopic (exact) mass is 378 g/mol. The minimum Gasteiger partial charge on any atom is -0.464 e. The first-order valence-corrected chi connectivity index (χ1v) is 10.7. The first-order chi connectivity index (χ1) is 12.2. The maximum atomic E-state index is 13.0. The normalized spacial score (nSPS) is 19.3. The summed E-state index contributed by atoms with van der Waals surface area (Å²) in [6, 6.07) is 5.70. The van der Waals surface area contributed by atoms with Crippen molar-refractivity contribution in [3.05, 3.63) is 35.6 Å². The van der Waals surface area contributed by atoms with Gasteiger partial charge in [0.1, 0.15) is 5.58 Å². The standard InChI is InChI=1S/C19H26N2O4S/c1-14-4-5-17-15(12-25-18(17)10-14)11-19(22)21(8-7-20(2)3)16-6-9-26(23,24)13-16/h4-5,10,12,16H,6-9,11,13H2,1-3H3/t16-/m1/s1. The Morgan fingerprint density at radius 3 is 2.69 bits per heavy atom. The number of nitrogens with zero attached hydrogens (tertiary/aromatic N) is 2. The maximum absolute atomic E-state index is 13.0. The van der Waals surface area contributed by atoms with Crippen LogP contribution in [0.1, 0.15) is 17.5 Å². The SMILES string of the molecule is Cc1ccc2c(CC(=O)N(CCN(C)C)[C@@H]3CCS(=O)(=O)C3)coc2c1. The summed E-state index contributed by atoms with van der Waals surface area (Å²) in [6.45, 7) is 3.23. The molecule has 0 spiro atoms. The Morgan fingerprint density at radius 1 is 1.27 bits per heavy atom. The summed E-state index contributed by atoms with van der Waals surface area (Å²) in [5.41, 5.74) is 2.73. The second-order valence-corrected chi connectivity index (χ2v) is 9.61. The highest BCUT2D eigenvalue weighted by molar-refractivity contribution is 7.91. The van der Waals surface area contributed by atoms with Crippen LogP contribution in [0.5, 0.6) is 0 Å². The van der Waals surface area contributed by atoms with Crippen LogP contribution >= 0.6 is 0 Å². The van der Waals surface area contributed by atoms with Gasteiger partial charge in [-0.25, -0.2) is 8.42 Å². The van der Waals surface area contributed by atoms with Crippen LogP contribution in [-0.4, -0.2) is 68.9 Å². The minimum absolute atomic E-state index is 0.0442. The third-order valence-corrected chi connectivity index (χ3v) is 6.66. The topological polar surface area (TPSA) is 70.8 Å². The number of amides is 1. The van der Waals surface area contributed by atoms with Crippen molar-refractivity contribution in [2.24, 2.45) is 0 Å². The van der Waals surface area contributed by atoms with Gasteiger partial charge >= 0.3 is 0 Å². The first kappa shape index (κ1) is 18.9. The van der Waals surface area contributed by atoms with E-state index < -0.39 is 9.84 Å². The molecule has 0 radical (unpaired) electrons. The van der Waals surface area contributed by atoms with Gasteiger partial charge < -0.3 is 14.2 Å². The van der Waals surface area contributed by atoms with Crippen LogP contribution in [0, 0.1) is 6.92 Å². The van der Waals surface area contributed by atoms with Crippen LogP contribution in [-0.2, 0) is 21.1 Å². The predicted molar refractivity (Wildman–Crippen MR) is 102 cm³/mol. The highest BCUT2D eigenvalue weighted by atomic mass is 32.2. The fourth-order valence-electron chi connectivity index (χ4n) is 3.43. The highest BCUT2D eigenvalue weighted by Gasteiger charge is 2.34. The summed E-state index contributed by atoms with van der Waals surface area (Å²) in [4.78, 5) is 16.8. The molecule has 0 N–H and O–H groups in total. The van der Waals surface area contributed by atoms with Gasteiger partial charge in [-0.2, -0.15) is 0 Å². The smallest absolute Gasteiger partial charge is 0.227 e. The van der Waals surface area contributed by atoms with Crippen molar-refractivity contribution in [3.8, 4) is 0 Å². The molecule has 1 aromatic heterocycles. The second-order valence-electron chi connectivity index (χ2n) is 7.38. The summed E-state index contributed by atoms with van der Waals surface area (Å²) >= 11 is 0. The van der Waals surface area contributed by atoms with E-state index in [1.54, 1.807) is 11.2 Å². The molecule has 3 rings (SSSR count). The number of likely N-dealkylation sites (N-methyl/N-ethyl adjacent to an activating group) is 1. The van der Waals surface area contributed by atoms with Gasteiger partial charge in [-0.1, -0.05) is 12.1 Å². The zero-order valence-corrected chi connectivity index (χ0v) is 16.4. The van der Waals surface area contributed by atoms with Gasteiger partial charge in [0.2, 0.25) is 5.91 Å². The van der Waals surface area contributed by atoms with Crippen molar-refractivity contribution in [2.75, 3.05) is 38.7 Å². The van der Waals surface area contributed by atoms with Crippen LogP contribution in [0.2, 0.25) is 0 Å². The molecule has 1 fully saturated rings. The Morgan fingerprint density at radius 2 is 2.04 bits per heavy atom. The Bertz CT molecular complexity index is 901. The number of rotatable bonds is 6. The second kappa shape index (κ2) is 7.40. The van der Waals surface area contributed by atoms with E-state index in [4.69, 9.17) is 4.42 Å². The molecule has 2 aromatic rings. The molecule has 2 heterocycles. The van der Waals surface area contributed by atoms with E-state index in [0.29, 0.717) is 19.5 Å². The Kier molecular flexibility index (Phi) is 5.39. The van der Waals surface area contributed by atoms with Crippen LogP contribution in [0.4, 0.5) is 0 Å². The molecular formula is C19H26N2O4S.